The summed E-state index contributed by atoms with van der Waals surface area (Å²) < 4.78 is 17.7. The Hall–Kier alpha value is -3.61. The van der Waals surface area contributed by atoms with Gasteiger partial charge in [-0.25, -0.2) is 4.79 Å². The first kappa shape index (κ1) is 26.0. The Morgan fingerprint density at radius 1 is 1.00 bits per heavy atom. The third-order valence-electron chi connectivity index (χ3n) is 4.62. The molecule has 0 aliphatic carbocycles. The number of nitrogens with zero attached hydrogens (tertiary/aromatic N) is 1. The molecule has 0 atom stereocenters. The zero-order chi connectivity index (χ0) is 25.2. The van der Waals surface area contributed by atoms with Crippen molar-refractivity contribution in [3.05, 3.63) is 92.4 Å². The number of nitriles is 1. The number of hydrogen-bond acceptors (Lipinski definition) is 6. The molecule has 0 spiro atoms. The lowest BCUT2D eigenvalue weighted by atomic mass is 10.1. The summed E-state index contributed by atoms with van der Waals surface area (Å²) in [5, 5.41) is 12.2. The fraction of sp³-hybridized carbons (Fsp3) is 0.115. The van der Waals surface area contributed by atoms with Gasteiger partial charge in [-0.2, -0.15) is 5.26 Å². The molecule has 1 N–H and O–H groups in total. The van der Waals surface area contributed by atoms with Gasteiger partial charge >= 0.3 is 5.97 Å². The van der Waals surface area contributed by atoms with Crippen LogP contribution in [0.15, 0.2) is 81.2 Å². The van der Waals surface area contributed by atoms with Gasteiger partial charge in [0.15, 0.2) is 18.1 Å². The first-order chi connectivity index (χ1) is 16.9. The summed E-state index contributed by atoms with van der Waals surface area (Å²) in [6, 6.07) is 21.3. The van der Waals surface area contributed by atoms with Crippen LogP contribution in [0.25, 0.3) is 6.08 Å². The highest BCUT2D eigenvalue weighted by Crippen LogP contribution is 2.30. The van der Waals surface area contributed by atoms with E-state index in [9.17, 15) is 14.9 Å². The first-order valence-electron chi connectivity index (χ1n) is 10.3. The highest BCUT2D eigenvalue weighted by atomic mass is 79.9. The molecule has 9 heteroatoms. The van der Waals surface area contributed by atoms with Crippen LogP contribution in [0, 0.1) is 11.3 Å². The maximum Gasteiger partial charge on any atom is 0.349 e. The monoisotopic (exact) mass is 598 g/mol. The molecular weight excluding hydrogens is 580 g/mol. The van der Waals surface area contributed by atoms with E-state index in [1.165, 1.54) is 19.3 Å². The van der Waals surface area contributed by atoms with Crippen LogP contribution in [-0.4, -0.2) is 25.6 Å². The van der Waals surface area contributed by atoms with Gasteiger partial charge in [-0.1, -0.05) is 52.3 Å². The predicted octanol–water partition coefficient (Wildman–Crippen LogP) is 5.43. The minimum atomic E-state index is -0.626. The summed E-state index contributed by atoms with van der Waals surface area (Å²) in [4.78, 5) is 24.7. The number of esters is 1. The van der Waals surface area contributed by atoms with Crippen LogP contribution in [0.4, 0.5) is 0 Å². The Kier molecular flexibility index (Phi) is 9.47. The third-order valence-corrected chi connectivity index (χ3v) is 5.74. The number of halogens is 2. The van der Waals surface area contributed by atoms with E-state index in [2.05, 4.69) is 37.2 Å². The number of hydrogen-bond donors (Lipinski definition) is 1. The second-order valence-electron chi connectivity index (χ2n) is 7.09. The van der Waals surface area contributed by atoms with Crippen LogP contribution in [0.1, 0.15) is 11.1 Å². The van der Waals surface area contributed by atoms with Gasteiger partial charge in [0, 0.05) is 11.0 Å². The van der Waals surface area contributed by atoms with Gasteiger partial charge in [0.1, 0.15) is 17.4 Å². The maximum absolute atomic E-state index is 12.4. The average molecular weight is 600 g/mol. The van der Waals surface area contributed by atoms with Crippen LogP contribution < -0.4 is 19.5 Å². The summed E-state index contributed by atoms with van der Waals surface area (Å²) in [6.45, 7) is -0.0129. The zero-order valence-corrected chi connectivity index (χ0v) is 21.8. The van der Waals surface area contributed by atoms with E-state index in [4.69, 9.17) is 14.2 Å². The van der Waals surface area contributed by atoms with E-state index in [-0.39, 0.29) is 23.7 Å². The van der Waals surface area contributed by atoms with Crippen molar-refractivity contribution in [1.82, 2.24) is 5.32 Å². The SMILES string of the molecule is COc1cc(/C=C(\C#N)C(=O)NCc2ccccc2)ccc1OC(=O)COc1ccc(Br)cc1Br. The molecule has 35 heavy (non-hydrogen) atoms. The fourth-order valence-electron chi connectivity index (χ4n) is 2.93. The van der Waals surface area contributed by atoms with Crippen molar-refractivity contribution in [2.75, 3.05) is 13.7 Å². The minimum absolute atomic E-state index is 0.0683. The molecule has 0 aliphatic rings. The van der Waals surface area contributed by atoms with E-state index >= 15 is 0 Å². The molecule has 3 aromatic rings. The number of benzene rings is 3. The van der Waals surface area contributed by atoms with Gasteiger partial charge in [-0.3, -0.25) is 4.79 Å². The molecule has 0 unspecified atom stereocenters. The number of rotatable bonds is 9. The summed E-state index contributed by atoms with van der Waals surface area (Å²) in [5.74, 6) is -0.187. The summed E-state index contributed by atoms with van der Waals surface area (Å²) in [5.41, 5.74) is 1.38. The van der Waals surface area contributed by atoms with Crippen molar-refractivity contribution >= 4 is 49.8 Å². The first-order valence-corrected chi connectivity index (χ1v) is 11.9. The van der Waals surface area contributed by atoms with E-state index in [1.54, 1.807) is 30.3 Å². The van der Waals surface area contributed by atoms with Crippen LogP contribution >= 0.6 is 31.9 Å². The Morgan fingerprint density at radius 2 is 1.74 bits per heavy atom. The lowest BCUT2D eigenvalue weighted by Gasteiger charge is -2.11. The van der Waals surface area contributed by atoms with Crippen LogP contribution in [0.5, 0.6) is 17.2 Å². The maximum atomic E-state index is 12.4. The van der Waals surface area contributed by atoms with Crippen molar-refractivity contribution in [3.63, 3.8) is 0 Å². The fourth-order valence-corrected chi connectivity index (χ4v) is 4.09. The molecule has 0 radical (unpaired) electrons. The molecule has 3 aromatic carbocycles. The lowest BCUT2D eigenvalue weighted by molar-refractivity contribution is -0.136. The highest BCUT2D eigenvalue weighted by molar-refractivity contribution is 9.11. The quantitative estimate of drug-likeness (QED) is 0.152. The molecule has 3 rings (SSSR count). The van der Waals surface area contributed by atoms with Crippen LogP contribution in [-0.2, 0) is 16.1 Å². The van der Waals surface area contributed by atoms with Gasteiger partial charge in [-0.05, 0) is 63.5 Å². The Labute approximate surface area is 219 Å². The van der Waals surface area contributed by atoms with Gasteiger partial charge in [-0.15, -0.1) is 0 Å². The third kappa shape index (κ3) is 7.70. The summed E-state index contributed by atoms with van der Waals surface area (Å²) in [7, 11) is 1.42. The van der Waals surface area contributed by atoms with Crippen LogP contribution in [0.2, 0.25) is 0 Å². The van der Waals surface area contributed by atoms with Crippen molar-refractivity contribution < 1.29 is 23.8 Å². The zero-order valence-electron chi connectivity index (χ0n) is 18.6. The van der Waals surface area contributed by atoms with Gasteiger partial charge in [0.05, 0.1) is 11.6 Å². The average Bonchev–Trinajstić information content (AvgIpc) is 2.86. The predicted molar refractivity (Wildman–Crippen MR) is 138 cm³/mol. The molecule has 0 saturated carbocycles. The van der Waals surface area contributed by atoms with E-state index < -0.39 is 11.9 Å². The second-order valence-corrected chi connectivity index (χ2v) is 8.86. The largest absolute Gasteiger partial charge is 0.493 e. The number of amides is 1. The molecule has 0 fully saturated rings. The van der Waals surface area contributed by atoms with E-state index in [0.717, 1.165) is 10.0 Å². The molecule has 0 aromatic heterocycles. The van der Waals surface area contributed by atoms with Crippen molar-refractivity contribution in [2.24, 2.45) is 0 Å². The van der Waals surface area contributed by atoms with Crippen LogP contribution in [0.3, 0.4) is 0 Å². The minimum Gasteiger partial charge on any atom is -0.493 e. The van der Waals surface area contributed by atoms with Gasteiger partial charge < -0.3 is 19.5 Å². The molecule has 178 valence electrons. The Morgan fingerprint density at radius 3 is 2.43 bits per heavy atom. The summed E-state index contributed by atoms with van der Waals surface area (Å²) >= 11 is 6.72. The number of nitrogens with one attached hydrogen (secondary N) is 1. The Balaban J connectivity index is 1.64. The number of methoxy groups -OCH3 is 1. The number of ether oxygens (including phenoxy) is 3. The normalized spacial score (nSPS) is 10.7. The summed E-state index contributed by atoms with van der Waals surface area (Å²) in [6.07, 6.45) is 1.43. The van der Waals surface area contributed by atoms with Gasteiger partial charge in [0.2, 0.25) is 0 Å². The number of carbonyl (C=O) groups excluding carboxylic acids is 2. The number of carbonyl (C=O) groups is 2. The van der Waals surface area contributed by atoms with Crippen molar-refractivity contribution in [1.29, 1.82) is 5.26 Å². The molecule has 0 aliphatic heterocycles. The lowest BCUT2D eigenvalue weighted by Crippen LogP contribution is -2.23. The molecule has 0 saturated heterocycles. The molecule has 1 amide bonds. The molecule has 0 bridgehead atoms. The second kappa shape index (κ2) is 12.7. The Bertz CT molecular complexity index is 1290. The highest BCUT2D eigenvalue weighted by Gasteiger charge is 2.14. The standard InChI is InChI=1S/C26H20Br2N2O5/c1-33-24-12-18(11-19(14-29)26(32)30-15-17-5-3-2-4-6-17)7-9-23(24)35-25(31)16-34-22-10-8-20(27)13-21(22)28/h2-13H,15-16H2,1H3,(H,30,32)/b19-11+. The smallest absolute Gasteiger partial charge is 0.349 e. The topological polar surface area (TPSA) is 97.6 Å². The molecule has 0 heterocycles. The molecular formula is C26H20Br2N2O5. The molecule has 7 nitrogen and oxygen atoms in total. The van der Waals surface area contributed by atoms with Crippen molar-refractivity contribution in [2.45, 2.75) is 6.54 Å². The van der Waals surface area contributed by atoms with Gasteiger partial charge in [0.25, 0.3) is 5.91 Å². The van der Waals surface area contributed by atoms with E-state index in [1.807, 2.05) is 36.4 Å². The van der Waals surface area contributed by atoms with E-state index in [0.29, 0.717) is 22.3 Å². The van der Waals surface area contributed by atoms with Crippen molar-refractivity contribution in [3.8, 4) is 23.3 Å².